The highest BCUT2D eigenvalue weighted by atomic mass is 19.1. The Hall–Kier alpha value is -3.58. The zero-order chi connectivity index (χ0) is 23.8. The Morgan fingerprint density at radius 2 is 1.91 bits per heavy atom. The third-order valence-electron chi connectivity index (χ3n) is 4.94. The molecule has 0 amide bonds. The molecule has 6 nitrogen and oxygen atoms in total. The highest BCUT2D eigenvalue weighted by Crippen LogP contribution is 2.29. The van der Waals surface area contributed by atoms with Gasteiger partial charge < -0.3 is 15.2 Å². The molecular formula is C26H27FN2O4. The molecule has 2 N–H and O–H groups in total. The summed E-state index contributed by atoms with van der Waals surface area (Å²) in [5.74, 6) is -0.427. The van der Waals surface area contributed by atoms with Crippen LogP contribution in [-0.2, 0) is 22.5 Å². The van der Waals surface area contributed by atoms with Crippen LogP contribution >= 0.6 is 0 Å². The topological polar surface area (TPSA) is 91.5 Å². The van der Waals surface area contributed by atoms with Crippen LogP contribution < -0.4 is 10.5 Å². The van der Waals surface area contributed by atoms with Gasteiger partial charge in [0.25, 0.3) is 0 Å². The van der Waals surface area contributed by atoms with E-state index in [1.54, 1.807) is 36.4 Å². The molecule has 0 fully saturated rings. The van der Waals surface area contributed by atoms with Gasteiger partial charge in [-0.2, -0.15) is 0 Å². The van der Waals surface area contributed by atoms with Crippen molar-refractivity contribution in [3.8, 4) is 16.9 Å². The number of ketones is 1. The van der Waals surface area contributed by atoms with Gasteiger partial charge in [-0.15, -0.1) is 0 Å². The Morgan fingerprint density at radius 1 is 1.09 bits per heavy atom. The molecule has 0 atom stereocenters. The molecule has 3 rings (SSSR count). The molecule has 0 aliphatic rings. The van der Waals surface area contributed by atoms with E-state index >= 15 is 0 Å². The average molecular weight is 451 g/mol. The molecule has 0 saturated carbocycles. The first-order chi connectivity index (χ1) is 15.9. The number of ether oxygens (including phenoxy) is 2. The summed E-state index contributed by atoms with van der Waals surface area (Å²) in [5, 5.41) is 0. The molecule has 0 unspecified atom stereocenters. The van der Waals surface area contributed by atoms with Gasteiger partial charge in [0.05, 0.1) is 12.8 Å². The van der Waals surface area contributed by atoms with E-state index in [0.29, 0.717) is 23.5 Å². The largest absolute Gasteiger partial charge is 0.482 e. The fourth-order valence-electron chi connectivity index (χ4n) is 3.22. The molecule has 1 heterocycles. The number of carbonyl (C=O) groups is 2. The summed E-state index contributed by atoms with van der Waals surface area (Å²) in [6.45, 7) is 4.33. The first-order valence-corrected chi connectivity index (χ1v) is 10.7. The Morgan fingerprint density at radius 3 is 2.64 bits per heavy atom. The molecule has 7 heteroatoms. The molecule has 0 spiro atoms. The number of pyridine rings is 1. The van der Waals surface area contributed by atoms with E-state index in [2.05, 4.69) is 4.98 Å². The van der Waals surface area contributed by atoms with Crippen molar-refractivity contribution in [1.29, 1.82) is 0 Å². The number of esters is 1. The summed E-state index contributed by atoms with van der Waals surface area (Å²) in [6, 6.07) is 13.9. The number of benzene rings is 2. The minimum atomic E-state index is -0.513. The van der Waals surface area contributed by atoms with E-state index in [4.69, 9.17) is 15.2 Å². The van der Waals surface area contributed by atoms with Gasteiger partial charge in [0.15, 0.2) is 12.4 Å². The van der Waals surface area contributed by atoms with E-state index in [1.807, 2.05) is 19.9 Å². The molecule has 172 valence electrons. The van der Waals surface area contributed by atoms with E-state index in [9.17, 15) is 14.0 Å². The van der Waals surface area contributed by atoms with Crippen LogP contribution in [0, 0.1) is 11.7 Å². The maximum Gasteiger partial charge on any atom is 0.344 e. The molecule has 33 heavy (non-hydrogen) atoms. The molecule has 3 aromatic rings. The Labute approximate surface area is 192 Å². The van der Waals surface area contributed by atoms with Gasteiger partial charge in [0.2, 0.25) is 0 Å². The van der Waals surface area contributed by atoms with Crippen molar-refractivity contribution in [3.63, 3.8) is 0 Å². The third kappa shape index (κ3) is 6.70. The smallest absolute Gasteiger partial charge is 0.344 e. The van der Waals surface area contributed by atoms with Gasteiger partial charge in [0, 0.05) is 24.7 Å². The molecule has 0 bridgehead atoms. The number of nitrogens with two attached hydrogens (primary N) is 1. The second-order valence-electron chi connectivity index (χ2n) is 8.04. The van der Waals surface area contributed by atoms with Gasteiger partial charge >= 0.3 is 5.97 Å². The van der Waals surface area contributed by atoms with Crippen LogP contribution in [0.5, 0.6) is 5.75 Å². The summed E-state index contributed by atoms with van der Waals surface area (Å²) < 4.78 is 24.6. The van der Waals surface area contributed by atoms with Crippen molar-refractivity contribution >= 4 is 11.8 Å². The fourth-order valence-corrected chi connectivity index (χ4v) is 3.22. The van der Waals surface area contributed by atoms with Crippen molar-refractivity contribution in [3.05, 3.63) is 83.4 Å². The first kappa shape index (κ1) is 24.1. The molecule has 0 aliphatic carbocycles. The maximum absolute atomic E-state index is 13.9. The summed E-state index contributed by atoms with van der Waals surface area (Å²) in [7, 11) is 0. The predicted molar refractivity (Wildman–Crippen MR) is 123 cm³/mol. The quantitative estimate of drug-likeness (QED) is 0.365. The number of nitrogens with zero attached hydrogens (tertiary/aromatic N) is 1. The lowest BCUT2D eigenvalue weighted by atomic mass is 9.94. The number of halogens is 1. The molecule has 1 aromatic heterocycles. The molecule has 0 saturated heterocycles. The second-order valence-corrected chi connectivity index (χ2v) is 8.04. The lowest BCUT2D eigenvalue weighted by Crippen LogP contribution is -2.17. The van der Waals surface area contributed by atoms with E-state index in [0.717, 1.165) is 22.9 Å². The average Bonchev–Trinajstić information content (AvgIpc) is 2.82. The minimum absolute atomic E-state index is 0.0720. The number of rotatable bonds is 10. The van der Waals surface area contributed by atoms with Gasteiger partial charge in [-0.1, -0.05) is 38.1 Å². The molecule has 0 radical (unpaired) electrons. The van der Waals surface area contributed by atoms with Gasteiger partial charge in [-0.05, 0) is 52.4 Å². The number of hydrogen-bond acceptors (Lipinski definition) is 6. The fraction of sp³-hybridized carbons (Fsp3) is 0.269. The minimum Gasteiger partial charge on any atom is -0.482 e. The zero-order valence-electron chi connectivity index (χ0n) is 18.7. The number of Topliss-reactive ketones (excluding diaryl/α,β-unsaturated/α-hetero) is 1. The second kappa shape index (κ2) is 11.3. The van der Waals surface area contributed by atoms with Crippen LogP contribution in [0.2, 0.25) is 0 Å². The molecule has 2 aromatic carbocycles. The van der Waals surface area contributed by atoms with Crippen LogP contribution in [0.4, 0.5) is 4.39 Å². The summed E-state index contributed by atoms with van der Waals surface area (Å²) in [6.07, 6.45) is 2.48. The van der Waals surface area contributed by atoms with Gasteiger partial charge in [-0.25, -0.2) is 9.18 Å². The third-order valence-corrected chi connectivity index (χ3v) is 4.94. The standard InChI is InChI=1S/C26H27FN2O4/c1-17(2)15-33-26(31)16-32-22-5-3-4-18(10-22)23-11-20(6-7-21(23)13-28)25(30)12-19-8-9-29-14-24(19)27/h3-11,14,17H,12-13,15-16,28H2,1-2H3. The van der Waals surface area contributed by atoms with Gasteiger partial charge in [0.1, 0.15) is 11.6 Å². The summed E-state index contributed by atoms with van der Waals surface area (Å²) >= 11 is 0. The Balaban J connectivity index is 1.79. The van der Waals surface area contributed by atoms with Gasteiger partial charge in [-0.3, -0.25) is 9.78 Å². The Kier molecular flexibility index (Phi) is 8.27. The van der Waals surface area contributed by atoms with Crippen molar-refractivity contribution < 1.29 is 23.5 Å². The monoisotopic (exact) mass is 450 g/mol. The molecular weight excluding hydrogens is 423 g/mol. The molecule has 0 aliphatic heterocycles. The van der Waals surface area contributed by atoms with E-state index < -0.39 is 11.8 Å². The maximum atomic E-state index is 13.9. The van der Waals surface area contributed by atoms with Crippen LogP contribution in [0.25, 0.3) is 11.1 Å². The van der Waals surface area contributed by atoms with Crippen molar-refractivity contribution in [2.24, 2.45) is 11.7 Å². The highest BCUT2D eigenvalue weighted by Gasteiger charge is 2.14. The van der Waals surface area contributed by atoms with Crippen molar-refractivity contribution in [2.75, 3.05) is 13.2 Å². The normalized spacial score (nSPS) is 10.8. The predicted octanol–water partition coefficient (Wildman–Crippen LogP) is 4.35. The van der Waals surface area contributed by atoms with Crippen LogP contribution in [0.3, 0.4) is 0 Å². The van der Waals surface area contributed by atoms with Crippen LogP contribution in [0.1, 0.15) is 35.3 Å². The van der Waals surface area contributed by atoms with Crippen molar-refractivity contribution in [1.82, 2.24) is 4.98 Å². The first-order valence-electron chi connectivity index (χ1n) is 10.7. The number of aromatic nitrogens is 1. The number of hydrogen-bond donors (Lipinski definition) is 1. The van der Waals surface area contributed by atoms with Crippen LogP contribution in [-0.4, -0.2) is 30.0 Å². The highest BCUT2D eigenvalue weighted by molar-refractivity contribution is 5.98. The lowest BCUT2D eigenvalue weighted by Gasteiger charge is -2.13. The van der Waals surface area contributed by atoms with Crippen molar-refractivity contribution in [2.45, 2.75) is 26.8 Å². The van der Waals surface area contributed by atoms with E-state index in [1.165, 1.54) is 12.3 Å². The van der Waals surface area contributed by atoms with E-state index in [-0.39, 0.29) is 31.3 Å². The Bertz CT molecular complexity index is 1130. The number of carbonyl (C=O) groups excluding carboxylic acids is 2. The summed E-state index contributed by atoms with van der Waals surface area (Å²) in [4.78, 5) is 28.4. The summed E-state index contributed by atoms with van der Waals surface area (Å²) in [5.41, 5.74) is 9.05. The SMILES string of the molecule is CC(C)COC(=O)COc1cccc(-c2cc(C(=O)Cc3ccncc3F)ccc2CN)c1. The zero-order valence-corrected chi connectivity index (χ0v) is 18.7. The van der Waals surface area contributed by atoms with Crippen LogP contribution in [0.15, 0.2) is 60.9 Å². The lowest BCUT2D eigenvalue weighted by molar-refractivity contribution is -0.147.